The van der Waals surface area contributed by atoms with Crippen molar-refractivity contribution in [2.45, 2.75) is 46.5 Å². The quantitative estimate of drug-likeness (QED) is 0.412. The predicted octanol–water partition coefficient (Wildman–Crippen LogP) is 7.05. The van der Waals surface area contributed by atoms with Gasteiger partial charge in [0, 0.05) is 5.41 Å². The summed E-state index contributed by atoms with van der Waals surface area (Å²) in [6.07, 6.45) is 5.89. The molecule has 5 rings (SSSR count). The van der Waals surface area contributed by atoms with Crippen LogP contribution in [0.15, 0.2) is 48.5 Å². The van der Waals surface area contributed by atoms with Crippen molar-refractivity contribution in [1.82, 2.24) is 0 Å². The van der Waals surface area contributed by atoms with Crippen molar-refractivity contribution in [3.05, 3.63) is 76.4 Å². The number of rotatable bonds is 0. The number of aryl methyl sites for hydroxylation is 1. The highest BCUT2D eigenvalue weighted by atomic mass is 14.4. The van der Waals surface area contributed by atoms with Gasteiger partial charge in [-0.1, -0.05) is 87.9 Å². The standard InChI is InChI=1S/C26H26/c1-16-10-11-20-22(14-16)26(4,5)24-21-15-25(2,3)13-12-18(21)17-8-6-7-9-19(17)23(20)24/h6-14H,15H2,1-5H3. The van der Waals surface area contributed by atoms with E-state index in [1.165, 1.54) is 38.6 Å². The Morgan fingerprint density at radius 2 is 1.62 bits per heavy atom. The summed E-state index contributed by atoms with van der Waals surface area (Å²) in [5, 5.41) is 2.80. The molecule has 0 radical (unpaired) electrons. The third-order valence-electron chi connectivity index (χ3n) is 6.44. The topological polar surface area (TPSA) is 0 Å². The molecule has 2 aliphatic carbocycles. The first-order chi connectivity index (χ1) is 12.3. The van der Waals surface area contributed by atoms with E-state index >= 15 is 0 Å². The summed E-state index contributed by atoms with van der Waals surface area (Å²) in [5.74, 6) is 0. The van der Waals surface area contributed by atoms with Crippen LogP contribution in [-0.4, -0.2) is 0 Å². The maximum Gasteiger partial charge on any atom is 0.0162 e. The molecule has 26 heavy (non-hydrogen) atoms. The molecular weight excluding hydrogens is 312 g/mol. The van der Waals surface area contributed by atoms with Crippen LogP contribution in [0, 0.1) is 12.3 Å². The first-order valence-electron chi connectivity index (χ1n) is 9.68. The molecule has 0 bridgehead atoms. The van der Waals surface area contributed by atoms with Crippen LogP contribution in [-0.2, 0) is 11.8 Å². The van der Waals surface area contributed by atoms with Crippen LogP contribution >= 0.6 is 0 Å². The van der Waals surface area contributed by atoms with Gasteiger partial charge < -0.3 is 0 Å². The SMILES string of the molecule is Cc1ccc2c(c1)C(C)(C)c1c3c(c4ccccc4c1-2)C=CC(C)(C)C3. The molecule has 0 aliphatic heterocycles. The molecule has 0 heterocycles. The fourth-order valence-electron chi connectivity index (χ4n) is 5.21. The minimum Gasteiger partial charge on any atom is -0.0779 e. The predicted molar refractivity (Wildman–Crippen MR) is 113 cm³/mol. The van der Waals surface area contributed by atoms with Crippen LogP contribution in [0.3, 0.4) is 0 Å². The van der Waals surface area contributed by atoms with Crippen LogP contribution in [0.1, 0.15) is 55.5 Å². The van der Waals surface area contributed by atoms with E-state index in [-0.39, 0.29) is 10.8 Å². The molecule has 0 saturated heterocycles. The molecule has 0 unspecified atom stereocenters. The van der Waals surface area contributed by atoms with E-state index in [0.717, 1.165) is 6.42 Å². The van der Waals surface area contributed by atoms with E-state index in [0.29, 0.717) is 0 Å². The number of allylic oxidation sites excluding steroid dienone is 1. The molecule has 0 spiro atoms. The molecule has 0 fully saturated rings. The normalized spacial score (nSPS) is 18.5. The Hall–Kier alpha value is -2.34. The molecular formula is C26H26. The lowest BCUT2D eigenvalue weighted by atomic mass is 9.71. The summed E-state index contributed by atoms with van der Waals surface area (Å²) in [6, 6.07) is 16.0. The molecule has 0 N–H and O–H groups in total. The summed E-state index contributed by atoms with van der Waals surface area (Å²) in [7, 11) is 0. The number of fused-ring (bicyclic) bond motifs is 8. The average molecular weight is 338 g/mol. The average Bonchev–Trinajstić information content (AvgIpc) is 2.82. The summed E-state index contributed by atoms with van der Waals surface area (Å²) in [6.45, 7) is 11.7. The zero-order valence-electron chi connectivity index (χ0n) is 16.4. The molecule has 3 aromatic rings. The molecule has 0 nitrogen and oxygen atoms in total. The third kappa shape index (κ3) is 1.96. The van der Waals surface area contributed by atoms with Gasteiger partial charge in [0.2, 0.25) is 0 Å². The van der Waals surface area contributed by atoms with Crippen molar-refractivity contribution >= 4 is 16.8 Å². The van der Waals surface area contributed by atoms with Crippen molar-refractivity contribution in [2.24, 2.45) is 5.41 Å². The molecule has 0 amide bonds. The molecule has 2 aliphatic rings. The Labute approximate surface area is 156 Å². The van der Waals surface area contributed by atoms with Gasteiger partial charge in [-0.3, -0.25) is 0 Å². The lowest BCUT2D eigenvalue weighted by Gasteiger charge is -2.33. The van der Waals surface area contributed by atoms with Gasteiger partial charge in [-0.05, 0) is 62.9 Å². The summed E-state index contributed by atoms with van der Waals surface area (Å²) >= 11 is 0. The second-order valence-corrected chi connectivity index (χ2v) is 9.36. The van der Waals surface area contributed by atoms with Crippen molar-refractivity contribution in [2.75, 3.05) is 0 Å². The zero-order valence-corrected chi connectivity index (χ0v) is 16.4. The first kappa shape index (κ1) is 15.9. The Morgan fingerprint density at radius 3 is 2.38 bits per heavy atom. The van der Waals surface area contributed by atoms with Gasteiger partial charge >= 0.3 is 0 Å². The smallest absolute Gasteiger partial charge is 0.0162 e. The van der Waals surface area contributed by atoms with Crippen molar-refractivity contribution in [3.63, 3.8) is 0 Å². The van der Waals surface area contributed by atoms with Gasteiger partial charge in [-0.25, -0.2) is 0 Å². The third-order valence-corrected chi connectivity index (χ3v) is 6.44. The van der Waals surface area contributed by atoms with E-state index in [1.807, 2.05) is 0 Å². The van der Waals surface area contributed by atoms with E-state index in [2.05, 4.69) is 89.2 Å². The first-order valence-corrected chi connectivity index (χ1v) is 9.68. The van der Waals surface area contributed by atoms with Crippen LogP contribution < -0.4 is 0 Å². The van der Waals surface area contributed by atoms with Crippen molar-refractivity contribution < 1.29 is 0 Å². The molecule has 130 valence electrons. The lowest BCUT2D eigenvalue weighted by Crippen LogP contribution is -2.23. The number of hydrogen-bond acceptors (Lipinski definition) is 0. The second-order valence-electron chi connectivity index (χ2n) is 9.36. The fraction of sp³-hybridized carbons (Fsp3) is 0.308. The van der Waals surface area contributed by atoms with Gasteiger partial charge in [0.1, 0.15) is 0 Å². The molecule has 0 atom stereocenters. The van der Waals surface area contributed by atoms with Crippen molar-refractivity contribution in [1.29, 1.82) is 0 Å². The second kappa shape index (κ2) is 4.88. The summed E-state index contributed by atoms with van der Waals surface area (Å²) < 4.78 is 0. The lowest BCUT2D eigenvalue weighted by molar-refractivity contribution is 0.469. The van der Waals surface area contributed by atoms with E-state index in [9.17, 15) is 0 Å². The van der Waals surface area contributed by atoms with Gasteiger partial charge in [0.05, 0.1) is 0 Å². The molecule has 3 aromatic carbocycles. The van der Waals surface area contributed by atoms with Gasteiger partial charge in [0.15, 0.2) is 0 Å². The zero-order chi connectivity index (χ0) is 18.3. The van der Waals surface area contributed by atoms with Crippen LogP contribution in [0.2, 0.25) is 0 Å². The summed E-state index contributed by atoms with van der Waals surface area (Å²) in [5.41, 5.74) is 10.6. The highest BCUT2D eigenvalue weighted by molar-refractivity contribution is 6.07. The van der Waals surface area contributed by atoms with E-state index in [4.69, 9.17) is 0 Å². The van der Waals surface area contributed by atoms with Crippen molar-refractivity contribution in [3.8, 4) is 11.1 Å². The maximum absolute atomic E-state index is 2.41. The van der Waals surface area contributed by atoms with Crippen LogP contribution in [0.5, 0.6) is 0 Å². The minimum atomic E-state index is 0.0477. The highest BCUT2D eigenvalue weighted by Crippen LogP contribution is 2.55. The van der Waals surface area contributed by atoms with E-state index < -0.39 is 0 Å². The monoisotopic (exact) mass is 338 g/mol. The van der Waals surface area contributed by atoms with E-state index in [1.54, 1.807) is 11.1 Å². The maximum atomic E-state index is 2.41. The molecule has 0 saturated carbocycles. The Morgan fingerprint density at radius 1 is 0.885 bits per heavy atom. The molecule has 0 heteroatoms. The van der Waals surface area contributed by atoms with Gasteiger partial charge in [-0.2, -0.15) is 0 Å². The largest absolute Gasteiger partial charge is 0.0779 e. The Balaban J connectivity index is 2.00. The van der Waals surface area contributed by atoms with Gasteiger partial charge in [0.25, 0.3) is 0 Å². The highest BCUT2D eigenvalue weighted by Gasteiger charge is 2.41. The molecule has 0 aromatic heterocycles. The van der Waals surface area contributed by atoms with Gasteiger partial charge in [-0.15, -0.1) is 0 Å². The summed E-state index contributed by atoms with van der Waals surface area (Å²) in [4.78, 5) is 0. The number of hydrogen-bond donors (Lipinski definition) is 0. The number of benzene rings is 3. The minimum absolute atomic E-state index is 0.0477. The van der Waals surface area contributed by atoms with Crippen LogP contribution in [0.4, 0.5) is 0 Å². The Bertz CT molecular complexity index is 1110. The fourth-order valence-corrected chi connectivity index (χ4v) is 5.21. The Kier molecular flexibility index (Phi) is 2.98. The van der Waals surface area contributed by atoms with Crippen LogP contribution in [0.25, 0.3) is 28.0 Å².